The molecule has 0 amide bonds. The molecular weight excluding hydrogens is 326 g/mol. The first kappa shape index (κ1) is 17.0. The predicted molar refractivity (Wildman–Crippen MR) is 86.6 cm³/mol. The standard InChI is InChI=1S/C18H25NO6/c1-10-8-18(11(2)25-18)16(21)24-13-5-7-19-6-4-12(14(13)19)9-23-15(20)17(10,3)22/h4,10-11,13-14,22H,5-9H2,1-3H3/t10?,11?,13?,14?,17-,18+/m1/s1. The van der Waals surface area contributed by atoms with Crippen molar-refractivity contribution in [2.75, 3.05) is 19.7 Å². The Kier molecular flexibility index (Phi) is 3.76. The fourth-order valence-corrected chi connectivity index (χ4v) is 4.31. The molecule has 1 N–H and O–H groups in total. The lowest BCUT2D eigenvalue weighted by molar-refractivity contribution is -0.172. The summed E-state index contributed by atoms with van der Waals surface area (Å²) in [4.78, 5) is 27.5. The first-order chi connectivity index (χ1) is 11.8. The van der Waals surface area contributed by atoms with Gasteiger partial charge in [0.2, 0.25) is 0 Å². The molecule has 0 bridgehead atoms. The van der Waals surface area contributed by atoms with Gasteiger partial charge in [0.1, 0.15) is 12.7 Å². The van der Waals surface area contributed by atoms with Gasteiger partial charge in [-0.1, -0.05) is 13.0 Å². The van der Waals surface area contributed by atoms with Gasteiger partial charge in [-0.3, -0.25) is 4.90 Å². The number of rotatable bonds is 0. The molecule has 138 valence electrons. The second-order valence-electron chi connectivity index (χ2n) is 7.93. The van der Waals surface area contributed by atoms with Crippen molar-refractivity contribution >= 4 is 11.9 Å². The Morgan fingerprint density at radius 3 is 2.68 bits per heavy atom. The second kappa shape index (κ2) is 5.53. The molecule has 25 heavy (non-hydrogen) atoms. The molecule has 4 rings (SSSR count). The number of nitrogens with zero attached hydrogens (tertiary/aromatic N) is 1. The van der Waals surface area contributed by atoms with Crippen LogP contribution in [0.1, 0.15) is 33.6 Å². The van der Waals surface area contributed by atoms with Crippen molar-refractivity contribution in [2.45, 2.75) is 63.1 Å². The van der Waals surface area contributed by atoms with Gasteiger partial charge in [0.25, 0.3) is 0 Å². The number of ether oxygens (including phenoxy) is 3. The van der Waals surface area contributed by atoms with E-state index in [1.165, 1.54) is 6.92 Å². The molecule has 0 aromatic heterocycles. The summed E-state index contributed by atoms with van der Waals surface area (Å²) in [6.07, 6.45) is 2.48. The number of esters is 2. The molecule has 1 spiro atoms. The van der Waals surface area contributed by atoms with E-state index in [0.29, 0.717) is 0 Å². The van der Waals surface area contributed by atoms with Crippen LogP contribution in [0.15, 0.2) is 11.6 Å². The summed E-state index contributed by atoms with van der Waals surface area (Å²) in [5.41, 5.74) is -1.82. The third-order valence-corrected chi connectivity index (χ3v) is 6.36. The number of cyclic esters (lactones) is 1. The minimum absolute atomic E-state index is 0.0512. The Balaban J connectivity index is 1.66. The van der Waals surface area contributed by atoms with Gasteiger partial charge >= 0.3 is 11.9 Å². The van der Waals surface area contributed by atoms with E-state index in [0.717, 1.165) is 25.1 Å². The monoisotopic (exact) mass is 351 g/mol. The molecule has 4 unspecified atom stereocenters. The van der Waals surface area contributed by atoms with E-state index in [1.54, 1.807) is 6.92 Å². The first-order valence-corrected chi connectivity index (χ1v) is 8.97. The lowest BCUT2D eigenvalue weighted by Crippen LogP contribution is -2.48. The summed E-state index contributed by atoms with van der Waals surface area (Å²) in [7, 11) is 0. The Labute approximate surface area is 146 Å². The normalized spacial score (nSPS) is 47.4. The molecule has 7 heteroatoms. The maximum Gasteiger partial charge on any atom is 0.341 e. The van der Waals surface area contributed by atoms with Crippen LogP contribution >= 0.6 is 0 Å². The van der Waals surface area contributed by atoms with E-state index >= 15 is 0 Å². The summed E-state index contributed by atoms with van der Waals surface area (Å²) in [6.45, 7) is 6.70. The predicted octanol–water partition coefficient (Wildman–Crippen LogP) is 0.404. The van der Waals surface area contributed by atoms with Crippen LogP contribution < -0.4 is 0 Å². The molecule has 4 aliphatic heterocycles. The number of aliphatic hydroxyl groups is 1. The Morgan fingerprint density at radius 2 is 2.00 bits per heavy atom. The molecule has 0 aliphatic carbocycles. The highest BCUT2D eigenvalue weighted by molar-refractivity contribution is 5.84. The molecule has 0 saturated carbocycles. The number of hydrogen-bond acceptors (Lipinski definition) is 7. The molecule has 4 heterocycles. The first-order valence-electron chi connectivity index (χ1n) is 8.97. The van der Waals surface area contributed by atoms with Gasteiger partial charge in [-0.15, -0.1) is 0 Å². The van der Waals surface area contributed by atoms with Crippen molar-refractivity contribution in [2.24, 2.45) is 5.92 Å². The fourth-order valence-electron chi connectivity index (χ4n) is 4.31. The molecule has 6 atom stereocenters. The third kappa shape index (κ3) is 2.52. The molecule has 4 aliphatic rings. The molecule has 3 saturated heterocycles. The van der Waals surface area contributed by atoms with Crippen LogP contribution in [-0.2, 0) is 23.8 Å². The summed E-state index contributed by atoms with van der Waals surface area (Å²) in [5.74, 6) is -1.55. The maximum atomic E-state index is 12.9. The summed E-state index contributed by atoms with van der Waals surface area (Å²) >= 11 is 0. The van der Waals surface area contributed by atoms with Crippen molar-refractivity contribution in [3.05, 3.63) is 11.6 Å². The van der Waals surface area contributed by atoms with E-state index in [-0.39, 0.29) is 37.2 Å². The zero-order valence-electron chi connectivity index (χ0n) is 14.9. The van der Waals surface area contributed by atoms with Gasteiger partial charge < -0.3 is 19.3 Å². The average Bonchev–Trinajstić information content (AvgIpc) is 2.91. The molecule has 3 fully saturated rings. The van der Waals surface area contributed by atoms with Crippen LogP contribution in [0.25, 0.3) is 0 Å². The van der Waals surface area contributed by atoms with Gasteiger partial charge in [0, 0.05) is 13.1 Å². The number of carbonyl (C=O) groups excluding carboxylic acids is 2. The van der Waals surface area contributed by atoms with Gasteiger partial charge in [0.05, 0.1) is 12.1 Å². The molecule has 0 radical (unpaired) electrons. The smallest absolute Gasteiger partial charge is 0.341 e. The quantitative estimate of drug-likeness (QED) is 0.384. The zero-order valence-corrected chi connectivity index (χ0v) is 14.9. The maximum absolute atomic E-state index is 12.9. The molecule has 0 aromatic rings. The van der Waals surface area contributed by atoms with E-state index in [1.807, 2.05) is 13.0 Å². The van der Waals surface area contributed by atoms with E-state index < -0.39 is 23.1 Å². The Hall–Kier alpha value is -1.44. The van der Waals surface area contributed by atoms with Crippen molar-refractivity contribution in [3.8, 4) is 0 Å². The van der Waals surface area contributed by atoms with Crippen LogP contribution in [0.3, 0.4) is 0 Å². The van der Waals surface area contributed by atoms with Crippen molar-refractivity contribution in [3.63, 3.8) is 0 Å². The van der Waals surface area contributed by atoms with Crippen molar-refractivity contribution < 1.29 is 28.9 Å². The average molecular weight is 351 g/mol. The minimum atomic E-state index is -1.69. The summed E-state index contributed by atoms with van der Waals surface area (Å²) < 4.78 is 16.9. The highest BCUT2D eigenvalue weighted by Crippen LogP contribution is 2.46. The second-order valence-corrected chi connectivity index (χ2v) is 7.93. The van der Waals surface area contributed by atoms with Crippen molar-refractivity contribution in [1.82, 2.24) is 4.90 Å². The van der Waals surface area contributed by atoms with Gasteiger partial charge in [-0.2, -0.15) is 0 Å². The van der Waals surface area contributed by atoms with E-state index in [2.05, 4.69) is 4.90 Å². The lowest BCUT2D eigenvalue weighted by Gasteiger charge is -2.32. The highest BCUT2D eigenvalue weighted by Gasteiger charge is 2.64. The lowest BCUT2D eigenvalue weighted by atomic mass is 9.82. The Bertz CT molecular complexity index is 643. The number of epoxide rings is 1. The minimum Gasteiger partial charge on any atom is -0.459 e. The van der Waals surface area contributed by atoms with Gasteiger partial charge in [-0.05, 0) is 38.2 Å². The topological polar surface area (TPSA) is 88.6 Å². The van der Waals surface area contributed by atoms with Gasteiger partial charge in [-0.25, -0.2) is 9.59 Å². The third-order valence-electron chi connectivity index (χ3n) is 6.36. The SMILES string of the molecule is CC1C[C@@]2(OC2C)C(=O)OC2CCN3CC=C(COC(=O)[C@]1(C)O)C23. The Morgan fingerprint density at radius 1 is 1.28 bits per heavy atom. The zero-order chi connectivity index (χ0) is 18.0. The molecule has 0 aromatic carbocycles. The highest BCUT2D eigenvalue weighted by atomic mass is 16.7. The fraction of sp³-hybridized carbons (Fsp3) is 0.778. The van der Waals surface area contributed by atoms with Crippen molar-refractivity contribution in [1.29, 1.82) is 0 Å². The van der Waals surface area contributed by atoms with E-state index in [4.69, 9.17) is 14.2 Å². The number of hydrogen-bond donors (Lipinski definition) is 1. The van der Waals surface area contributed by atoms with Crippen LogP contribution in [0.5, 0.6) is 0 Å². The largest absolute Gasteiger partial charge is 0.459 e. The van der Waals surface area contributed by atoms with Crippen LogP contribution in [0, 0.1) is 5.92 Å². The number of carbonyl (C=O) groups is 2. The molecular formula is C18H25NO6. The van der Waals surface area contributed by atoms with Crippen LogP contribution in [0.4, 0.5) is 0 Å². The van der Waals surface area contributed by atoms with E-state index in [9.17, 15) is 14.7 Å². The van der Waals surface area contributed by atoms with Crippen LogP contribution in [0.2, 0.25) is 0 Å². The van der Waals surface area contributed by atoms with Gasteiger partial charge in [0.15, 0.2) is 11.2 Å². The van der Waals surface area contributed by atoms with Crippen LogP contribution in [-0.4, -0.2) is 71.1 Å². The summed E-state index contributed by atoms with van der Waals surface area (Å²) in [5, 5.41) is 10.7. The summed E-state index contributed by atoms with van der Waals surface area (Å²) in [6, 6.07) is -0.0512. The molecule has 7 nitrogen and oxygen atoms in total.